The van der Waals surface area contributed by atoms with Gasteiger partial charge in [0.1, 0.15) is 12.4 Å². The van der Waals surface area contributed by atoms with Crippen LogP contribution in [0, 0.1) is 6.92 Å². The Morgan fingerprint density at radius 2 is 2.05 bits per heavy atom. The van der Waals surface area contributed by atoms with E-state index in [1.54, 1.807) is 0 Å². The fourth-order valence-corrected chi connectivity index (χ4v) is 1.61. The maximum Gasteiger partial charge on any atom is 0.191 e. The lowest BCUT2D eigenvalue weighted by Crippen LogP contribution is -2.42. The Morgan fingerprint density at radius 3 is 2.57 bits per heavy atom. The van der Waals surface area contributed by atoms with Crippen LogP contribution in [0.25, 0.3) is 0 Å². The van der Waals surface area contributed by atoms with Gasteiger partial charge in [-0.1, -0.05) is 20.3 Å². The molecular formula is C14H29IN6. The van der Waals surface area contributed by atoms with Gasteiger partial charge < -0.3 is 15.2 Å². The lowest BCUT2D eigenvalue weighted by molar-refractivity contribution is 0.615. The first kappa shape index (κ1) is 20.1. The van der Waals surface area contributed by atoms with E-state index in [-0.39, 0.29) is 24.0 Å². The molecule has 0 aliphatic carbocycles. The predicted octanol–water partition coefficient (Wildman–Crippen LogP) is 2.38. The Labute approximate surface area is 145 Å². The third-order valence-electron chi connectivity index (χ3n) is 3.38. The second-order valence-electron chi connectivity index (χ2n) is 5.12. The van der Waals surface area contributed by atoms with Crippen LogP contribution in [0.4, 0.5) is 0 Å². The Bertz CT molecular complexity index is 429. The predicted molar refractivity (Wildman–Crippen MR) is 98.1 cm³/mol. The second-order valence-corrected chi connectivity index (χ2v) is 5.12. The summed E-state index contributed by atoms with van der Waals surface area (Å²) in [5, 5.41) is 15.0. The molecule has 2 N–H and O–H groups in total. The minimum absolute atomic E-state index is 0. The van der Waals surface area contributed by atoms with E-state index < -0.39 is 0 Å². The summed E-state index contributed by atoms with van der Waals surface area (Å²) in [6.07, 6.45) is 3.38. The molecule has 0 aliphatic rings. The van der Waals surface area contributed by atoms with Gasteiger partial charge in [-0.15, -0.1) is 34.2 Å². The Morgan fingerprint density at radius 1 is 1.33 bits per heavy atom. The highest BCUT2D eigenvalue weighted by molar-refractivity contribution is 14.0. The van der Waals surface area contributed by atoms with E-state index in [0.717, 1.165) is 37.0 Å². The number of hydrogen-bond acceptors (Lipinski definition) is 3. The number of hydrogen-bond donors (Lipinski definition) is 2. The van der Waals surface area contributed by atoms with Crippen LogP contribution in [0.5, 0.6) is 0 Å². The first-order chi connectivity index (χ1) is 9.58. The molecule has 0 saturated carbocycles. The van der Waals surface area contributed by atoms with E-state index in [1.165, 1.54) is 6.42 Å². The van der Waals surface area contributed by atoms with Gasteiger partial charge in [0.25, 0.3) is 0 Å². The zero-order valence-electron chi connectivity index (χ0n) is 13.8. The molecular weight excluding hydrogens is 379 g/mol. The van der Waals surface area contributed by atoms with Crippen molar-refractivity contribution in [3.05, 3.63) is 11.6 Å². The monoisotopic (exact) mass is 408 g/mol. The zero-order valence-corrected chi connectivity index (χ0v) is 16.1. The summed E-state index contributed by atoms with van der Waals surface area (Å²) in [4.78, 5) is 4.60. The van der Waals surface area contributed by atoms with Gasteiger partial charge in [0, 0.05) is 19.6 Å². The number of aromatic nitrogens is 3. The maximum absolute atomic E-state index is 4.60. The molecule has 0 fully saturated rings. The summed E-state index contributed by atoms with van der Waals surface area (Å²) in [6, 6.07) is 0.407. The second kappa shape index (κ2) is 10.8. The molecule has 0 radical (unpaired) electrons. The van der Waals surface area contributed by atoms with Crippen molar-refractivity contribution in [2.75, 3.05) is 6.54 Å². The Kier molecular flexibility index (Phi) is 10.4. The highest BCUT2D eigenvalue weighted by atomic mass is 127. The molecule has 1 unspecified atom stereocenters. The Hall–Kier alpha value is -0.860. The van der Waals surface area contributed by atoms with Crippen molar-refractivity contribution < 1.29 is 0 Å². The lowest BCUT2D eigenvalue weighted by atomic mass is 10.3. The number of rotatable bonds is 7. The lowest BCUT2D eigenvalue weighted by Gasteiger charge is -2.16. The SMILES string of the molecule is CCCCNC(=NCc1nnc(C)n1C)NC(C)CC.I. The van der Waals surface area contributed by atoms with E-state index >= 15 is 0 Å². The van der Waals surface area contributed by atoms with Gasteiger partial charge in [-0.05, 0) is 26.7 Å². The molecule has 0 bridgehead atoms. The number of halogens is 1. The zero-order chi connectivity index (χ0) is 15.0. The fraction of sp³-hybridized carbons (Fsp3) is 0.786. The molecule has 21 heavy (non-hydrogen) atoms. The van der Waals surface area contributed by atoms with Crippen LogP contribution >= 0.6 is 24.0 Å². The highest BCUT2D eigenvalue weighted by Crippen LogP contribution is 1.99. The van der Waals surface area contributed by atoms with Crippen molar-refractivity contribution in [3.8, 4) is 0 Å². The molecule has 1 rings (SSSR count). The molecule has 1 aromatic rings. The van der Waals surface area contributed by atoms with Gasteiger partial charge in [-0.3, -0.25) is 0 Å². The number of unbranched alkanes of at least 4 members (excludes halogenated alkanes) is 1. The van der Waals surface area contributed by atoms with Gasteiger partial charge in [0.15, 0.2) is 11.8 Å². The maximum atomic E-state index is 4.60. The summed E-state index contributed by atoms with van der Waals surface area (Å²) >= 11 is 0. The molecule has 0 aromatic carbocycles. The average Bonchev–Trinajstić information content (AvgIpc) is 2.76. The number of nitrogens with one attached hydrogen (secondary N) is 2. The van der Waals surface area contributed by atoms with E-state index in [4.69, 9.17) is 0 Å². The molecule has 1 atom stereocenters. The van der Waals surface area contributed by atoms with Gasteiger partial charge in [-0.25, -0.2) is 4.99 Å². The smallest absolute Gasteiger partial charge is 0.191 e. The van der Waals surface area contributed by atoms with Crippen molar-refractivity contribution in [1.82, 2.24) is 25.4 Å². The number of nitrogens with zero attached hydrogens (tertiary/aromatic N) is 4. The molecule has 7 heteroatoms. The van der Waals surface area contributed by atoms with Crippen LogP contribution in [0.1, 0.15) is 51.7 Å². The minimum Gasteiger partial charge on any atom is -0.356 e. The van der Waals surface area contributed by atoms with Crippen LogP contribution in [0.2, 0.25) is 0 Å². The van der Waals surface area contributed by atoms with E-state index in [1.807, 2.05) is 18.5 Å². The van der Waals surface area contributed by atoms with Crippen LogP contribution < -0.4 is 10.6 Å². The molecule has 0 amide bonds. The topological polar surface area (TPSA) is 67.1 Å². The van der Waals surface area contributed by atoms with Crippen LogP contribution in [-0.2, 0) is 13.6 Å². The van der Waals surface area contributed by atoms with Crippen molar-refractivity contribution >= 4 is 29.9 Å². The van der Waals surface area contributed by atoms with Gasteiger partial charge in [-0.2, -0.15) is 0 Å². The number of aryl methyl sites for hydroxylation is 1. The fourth-order valence-electron chi connectivity index (χ4n) is 1.61. The van der Waals surface area contributed by atoms with E-state index in [9.17, 15) is 0 Å². The molecule has 1 heterocycles. The highest BCUT2D eigenvalue weighted by Gasteiger charge is 2.06. The molecule has 0 saturated heterocycles. The summed E-state index contributed by atoms with van der Waals surface area (Å²) in [5.41, 5.74) is 0. The largest absolute Gasteiger partial charge is 0.356 e. The van der Waals surface area contributed by atoms with Crippen LogP contribution in [0.3, 0.4) is 0 Å². The third-order valence-corrected chi connectivity index (χ3v) is 3.38. The third kappa shape index (κ3) is 7.10. The quantitative estimate of drug-likeness (QED) is 0.315. The Balaban J connectivity index is 0.00000400. The summed E-state index contributed by atoms with van der Waals surface area (Å²) in [5.74, 6) is 2.64. The van der Waals surface area contributed by atoms with Crippen molar-refractivity contribution in [2.45, 2.75) is 59.5 Å². The molecule has 6 nitrogen and oxygen atoms in total. The van der Waals surface area contributed by atoms with Crippen LogP contribution in [0.15, 0.2) is 4.99 Å². The first-order valence-electron chi connectivity index (χ1n) is 7.48. The summed E-state index contributed by atoms with van der Waals surface area (Å²) < 4.78 is 1.97. The number of guanidine groups is 1. The van der Waals surface area contributed by atoms with Crippen molar-refractivity contribution in [2.24, 2.45) is 12.0 Å². The van der Waals surface area contributed by atoms with E-state index in [0.29, 0.717) is 12.6 Å². The summed E-state index contributed by atoms with van der Waals surface area (Å²) in [6.45, 7) is 9.92. The van der Waals surface area contributed by atoms with E-state index in [2.05, 4.69) is 46.6 Å². The molecule has 0 aliphatic heterocycles. The van der Waals surface area contributed by atoms with Crippen molar-refractivity contribution in [1.29, 1.82) is 0 Å². The normalized spacial score (nSPS) is 12.7. The first-order valence-corrected chi connectivity index (χ1v) is 7.48. The molecule has 122 valence electrons. The molecule has 1 aromatic heterocycles. The van der Waals surface area contributed by atoms with Crippen molar-refractivity contribution in [3.63, 3.8) is 0 Å². The van der Waals surface area contributed by atoms with Gasteiger partial charge >= 0.3 is 0 Å². The molecule has 0 spiro atoms. The van der Waals surface area contributed by atoms with Crippen LogP contribution in [-0.4, -0.2) is 33.3 Å². The minimum atomic E-state index is 0. The van der Waals surface area contributed by atoms with Gasteiger partial charge in [0.2, 0.25) is 0 Å². The summed E-state index contributed by atoms with van der Waals surface area (Å²) in [7, 11) is 1.96. The average molecular weight is 408 g/mol. The standard InChI is InChI=1S/C14H28N6.HI/c1-6-8-9-15-14(17-11(3)7-2)16-10-13-19-18-12(4)20(13)5;/h11H,6-10H2,1-5H3,(H2,15,16,17);1H. The number of aliphatic imine (C=N–C) groups is 1. The van der Waals surface area contributed by atoms with Gasteiger partial charge in [0.05, 0.1) is 0 Å².